The van der Waals surface area contributed by atoms with Gasteiger partial charge in [0.1, 0.15) is 21.4 Å². The molecule has 0 aliphatic rings. The summed E-state index contributed by atoms with van der Waals surface area (Å²) in [5.74, 6) is 0.0579. The molecule has 3 aromatic rings. The van der Waals surface area contributed by atoms with Crippen molar-refractivity contribution in [2.24, 2.45) is 0 Å². The summed E-state index contributed by atoms with van der Waals surface area (Å²) in [6.45, 7) is 4.18. The number of aryl methyl sites for hydroxylation is 2. The van der Waals surface area contributed by atoms with Crippen molar-refractivity contribution in [1.82, 2.24) is 14.9 Å². The van der Waals surface area contributed by atoms with Crippen molar-refractivity contribution in [3.8, 4) is 0 Å². The summed E-state index contributed by atoms with van der Waals surface area (Å²) < 4.78 is 0. The fraction of sp³-hybridized carbons (Fsp3) is 0.278. The van der Waals surface area contributed by atoms with Crippen LogP contribution in [0, 0.1) is 13.8 Å². The molecular formula is C18H19N3OS2. The van der Waals surface area contributed by atoms with Crippen LogP contribution in [0.2, 0.25) is 0 Å². The lowest BCUT2D eigenvalue weighted by Gasteiger charge is -2.20. The Morgan fingerprint density at radius 3 is 2.54 bits per heavy atom. The average molecular weight is 358 g/mol. The van der Waals surface area contributed by atoms with E-state index in [-0.39, 0.29) is 11.2 Å². The highest BCUT2D eigenvalue weighted by Gasteiger charge is 2.26. The van der Waals surface area contributed by atoms with E-state index in [0.717, 1.165) is 20.8 Å². The molecule has 124 valence electrons. The molecule has 1 aromatic carbocycles. The van der Waals surface area contributed by atoms with Crippen LogP contribution in [0.5, 0.6) is 0 Å². The highest BCUT2D eigenvalue weighted by molar-refractivity contribution is 8.00. The molecule has 0 radical (unpaired) electrons. The SMILES string of the molecule is Cc1sc2ncnc(S[C@H](C(=O)N(C)C)c3ccccc3)c2c1C. The third-order valence-corrected chi connectivity index (χ3v) is 6.28. The van der Waals surface area contributed by atoms with E-state index in [2.05, 4.69) is 23.8 Å². The molecule has 0 unspecified atom stereocenters. The summed E-state index contributed by atoms with van der Waals surface area (Å²) in [4.78, 5) is 25.4. The number of likely N-dealkylation sites (N-methyl/N-ethyl adjacent to an activating group) is 1. The Hall–Kier alpha value is -1.92. The summed E-state index contributed by atoms with van der Waals surface area (Å²) in [5, 5.41) is 1.61. The first-order chi connectivity index (χ1) is 11.5. The Kier molecular flexibility index (Phi) is 4.87. The van der Waals surface area contributed by atoms with Gasteiger partial charge in [-0.05, 0) is 25.0 Å². The number of amides is 1. The Balaban J connectivity index is 2.07. The smallest absolute Gasteiger partial charge is 0.240 e. The van der Waals surface area contributed by atoms with Crippen LogP contribution in [0.15, 0.2) is 41.7 Å². The molecule has 1 atom stereocenters. The van der Waals surface area contributed by atoms with Crippen molar-refractivity contribution in [3.05, 3.63) is 52.7 Å². The number of carbonyl (C=O) groups is 1. The number of benzene rings is 1. The first-order valence-electron chi connectivity index (χ1n) is 7.62. The molecule has 0 aliphatic heterocycles. The molecular weight excluding hydrogens is 338 g/mol. The number of hydrogen-bond donors (Lipinski definition) is 0. The van der Waals surface area contributed by atoms with Gasteiger partial charge in [0.2, 0.25) is 5.91 Å². The third-order valence-electron chi connectivity index (χ3n) is 3.93. The molecule has 3 rings (SSSR count). The molecule has 2 heterocycles. The number of carbonyl (C=O) groups excluding carboxylic acids is 1. The van der Waals surface area contributed by atoms with Crippen LogP contribution < -0.4 is 0 Å². The van der Waals surface area contributed by atoms with Gasteiger partial charge in [-0.1, -0.05) is 42.1 Å². The number of thioether (sulfide) groups is 1. The molecule has 0 fully saturated rings. The van der Waals surface area contributed by atoms with Crippen molar-refractivity contribution in [3.63, 3.8) is 0 Å². The third kappa shape index (κ3) is 3.16. The fourth-order valence-electron chi connectivity index (χ4n) is 2.47. The van der Waals surface area contributed by atoms with Gasteiger partial charge in [0, 0.05) is 24.4 Å². The van der Waals surface area contributed by atoms with Gasteiger partial charge in [0.25, 0.3) is 0 Å². The first-order valence-corrected chi connectivity index (χ1v) is 9.32. The molecule has 0 aliphatic carbocycles. The lowest BCUT2D eigenvalue weighted by Crippen LogP contribution is -2.26. The molecule has 4 nitrogen and oxygen atoms in total. The number of thiophene rings is 1. The second-order valence-electron chi connectivity index (χ2n) is 5.78. The van der Waals surface area contributed by atoms with Gasteiger partial charge in [-0.15, -0.1) is 11.3 Å². The summed E-state index contributed by atoms with van der Waals surface area (Å²) in [5.41, 5.74) is 2.18. The zero-order valence-corrected chi connectivity index (χ0v) is 15.7. The quantitative estimate of drug-likeness (QED) is 0.518. The van der Waals surface area contributed by atoms with Crippen molar-refractivity contribution in [2.75, 3.05) is 14.1 Å². The summed E-state index contributed by atoms with van der Waals surface area (Å²) in [6, 6.07) is 9.86. The molecule has 0 bridgehead atoms. The van der Waals surface area contributed by atoms with Crippen LogP contribution in [0.4, 0.5) is 0 Å². The van der Waals surface area contributed by atoms with E-state index in [0.29, 0.717) is 0 Å². The maximum Gasteiger partial charge on any atom is 0.240 e. The monoisotopic (exact) mass is 357 g/mol. The molecule has 0 N–H and O–H groups in total. The van der Waals surface area contributed by atoms with Crippen LogP contribution in [0.25, 0.3) is 10.2 Å². The van der Waals surface area contributed by atoms with Crippen molar-refractivity contribution < 1.29 is 4.79 Å². The molecule has 0 spiro atoms. The lowest BCUT2D eigenvalue weighted by molar-refractivity contribution is -0.128. The Bertz CT molecular complexity index is 875. The normalized spacial score (nSPS) is 12.3. The predicted molar refractivity (Wildman–Crippen MR) is 101 cm³/mol. The van der Waals surface area contributed by atoms with Crippen LogP contribution in [0.1, 0.15) is 21.3 Å². The zero-order chi connectivity index (χ0) is 17.3. The van der Waals surface area contributed by atoms with Crippen molar-refractivity contribution >= 4 is 39.2 Å². The van der Waals surface area contributed by atoms with E-state index < -0.39 is 0 Å². The summed E-state index contributed by atoms with van der Waals surface area (Å²) in [6.07, 6.45) is 1.59. The van der Waals surface area contributed by atoms with E-state index in [1.54, 1.807) is 36.7 Å². The summed E-state index contributed by atoms with van der Waals surface area (Å²) >= 11 is 3.17. The Labute approximate surface area is 149 Å². The number of nitrogens with zero attached hydrogens (tertiary/aromatic N) is 3. The van der Waals surface area contributed by atoms with Gasteiger partial charge >= 0.3 is 0 Å². The van der Waals surface area contributed by atoms with E-state index in [9.17, 15) is 4.79 Å². The molecule has 0 saturated heterocycles. The van der Waals surface area contributed by atoms with E-state index in [4.69, 9.17) is 0 Å². The minimum absolute atomic E-state index is 0.0579. The van der Waals surface area contributed by atoms with E-state index in [1.165, 1.54) is 22.2 Å². The number of rotatable bonds is 4. The predicted octanol–water partition coefficient (Wildman–Crippen LogP) is 4.23. The standard InChI is InChI=1S/C18H19N3OS2/c1-11-12(2)23-16-14(11)17(20-10-19-16)24-15(18(22)21(3)4)13-8-6-5-7-9-13/h5-10,15H,1-4H3/t15-/m0/s1. The van der Waals surface area contributed by atoms with Crippen LogP contribution in [-0.2, 0) is 4.79 Å². The second kappa shape index (κ2) is 6.91. The number of aromatic nitrogens is 2. The van der Waals surface area contributed by atoms with E-state index >= 15 is 0 Å². The second-order valence-corrected chi connectivity index (χ2v) is 8.08. The van der Waals surface area contributed by atoms with E-state index in [1.807, 2.05) is 30.3 Å². The minimum atomic E-state index is -0.320. The molecule has 1 amide bonds. The van der Waals surface area contributed by atoms with Gasteiger partial charge in [-0.3, -0.25) is 4.79 Å². The van der Waals surface area contributed by atoms with Gasteiger partial charge in [-0.25, -0.2) is 9.97 Å². The maximum absolute atomic E-state index is 12.7. The number of hydrogen-bond acceptors (Lipinski definition) is 5. The Morgan fingerprint density at radius 2 is 1.88 bits per heavy atom. The van der Waals surface area contributed by atoms with Gasteiger partial charge in [0.05, 0.1) is 0 Å². The average Bonchev–Trinajstić information content (AvgIpc) is 2.88. The number of fused-ring (bicyclic) bond motifs is 1. The van der Waals surface area contributed by atoms with Crippen molar-refractivity contribution in [2.45, 2.75) is 24.1 Å². The van der Waals surface area contributed by atoms with Crippen LogP contribution >= 0.6 is 23.1 Å². The minimum Gasteiger partial charge on any atom is -0.348 e. The zero-order valence-electron chi connectivity index (χ0n) is 14.1. The molecule has 6 heteroatoms. The topological polar surface area (TPSA) is 46.1 Å². The first kappa shape index (κ1) is 16.9. The van der Waals surface area contributed by atoms with Gasteiger partial charge < -0.3 is 4.90 Å². The maximum atomic E-state index is 12.7. The largest absolute Gasteiger partial charge is 0.348 e. The van der Waals surface area contributed by atoms with Gasteiger partial charge in [-0.2, -0.15) is 0 Å². The fourth-order valence-corrected chi connectivity index (χ4v) is 4.84. The molecule has 2 aromatic heterocycles. The van der Waals surface area contributed by atoms with Crippen LogP contribution in [-0.4, -0.2) is 34.9 Å². The van der Waals surface area contributed by atoms with Crippen molar-refractivity contribution in [1.29, 1.82) is 0 Å². The highest BCUT2D eigenvalue weighted by Crippen LogP contribution is 2.41. The summed E-state index contributed by atoms with van der Waals surface area (Å²) in [7, 11) is 3.57. The lowest BCUT2D eigenvalue weighted by atomic mass is 10.1. The Morgan fingerprint density at radius 1 is 1.17 bits per heavy atom. The van der Waals surface area contributed by atoms with Crippen LogP contribution in [0.3, 0.4) is 0 Å². The molecule has 0 saturated carbocycles. The molecule has 24 heavy (non-hydrogen) atoms. The highest BCUT2D eigenvalue weighted by atomic mass is 32.2. The van der Waals surface area contributed by atoms with Gasteiger partial charge in [0.15, 0.2) is 0 Å².